The third kappa shape index (κ3) is 3.07. The highest BCUT2D eigenvalue weighted by molar-refractivity contribution is 9.10. The van der Waals surface area contributed by atoms with E-state index < -0.39 is 11.8 Å². The average molecular weight is 355 g/mol. The second kappa shape index (κ2) is 5.48. The predicted molar refractivity (Wildman–Crippen MR) is 76.9 cm³/mol. The van der Waals surface area contributed by atoms with Gasteiger partial charge in [-0.25, -0.2) is 9.18 Å². The molecule has 0 bridgehead atoms. The first-order valence-corrected chi connectivity index (χ1v) is 7.25. The van der Waals surface area contributed by atoms with Gasteiger partial charge >= 0.3 is 5.97 Å². The summed E-state index contributed by atoms with van der Waals surface area (Å²) in [6, 6.07) is 3.96. The fourth-order valence-corrected chi connectivity index (χ4v) is 2.50. The van der Waals surface area contributed by atoms with Crippen molar-refractivity contribution in [2.75, 3.05) is 6.61 Å². The van der Waals surface area contributed by atoms with Gasteiger partial charge in [-0.2, -0.15) is 5.10 Å². The predicted octanol–water partition coefficient (Wildman–Crippen LogP) is 3.47. The molecule has 1 heterocycles. The van der Waals surface area contributed by atoms with Crippen LogP contribution in [0, 0.1) is 11.7 Å². The highest BCUT2D eigenvalue weighted by atomic mass is 79.9. The van der Waals surface area contributed by atoms with E-state index in [4.69, 9.17) is 9.84 Å². The number of rotatable bonds is 5. The van der Waals surface area contributed by atoms with E-state index in [0.717, 1.165) is 12.8 Å². The minimum Gasteiger partial charge on any atom is -0.491 e. The lowest BCUT2D eigenvalue weighted by atomic mass is 10.1. The van der Waals surface area contributed by atoms with Gasteiger partial charge in [0.1, 0.15) is 17.3 Å². The minimum atomic E-state index is -1.12. The molecule has 1 aliphatic carbocycles. The largest absolute Gasteiger partial charge is 0.491 e. The lowest BCUT2D eigenvalue weighted by Gasteiger charge is -2.12. The van der Waals surface area contributed by atoms with Crippen molar-refractivity contribution in [1.29, 1.82) is 0 Å². The SMILES string of the molecule is O=C(O)c1cc(-c2cc(F)cc(Br)c2OCC2CC2)n[nH]1. The van der Waals surface area contributed by atoms with Gasteiger partial charge in [-0.05, 0) is 52.9 Å². The van der Waals surface area contributed by atoms with Crippen molar-refractivity contribution in [3.05, 3.63) is 34.2 Å². The number of H-pyrrole nitrogens is 1. The van der Waals surface area contributed by atoms with Crippen LogP contribution in [-0.2, 0) is 0 Å². The Hall–Kier alpha value is -1.89. The molecule has 1 aliphatic rings. The number of hydrogen-bond acceptors (Lipinski definition) is 3. The van der Waals surface area contributed by atoms with E-state index in [-0.39, 0.29) is 5.69 Å². The van der Waals surface area contributed by atoms with Crippen LogP contribution in [0.2, 0.25) is 0 Å². The van der Waals surface area contributed by atoms with E-state index in [0.29, 0.717) is 34.0 Å². The van der Waals surface area contributed by atoms with Gasteiger partial charge in [0.25, 0.3) is 0 Å². The molecule has 0 spiro atoms. The number of carboxylic acid groups (broad SMARTS) is 1. The molecule has 0 saturated heterocycles. The smallest absolute Gasteiger partial charge is 0.353 e. The zero-order valence-corrected chi connectivity index (χ0v) is 12.5. The van der Waals surface area contributed by atoms with E-state index in [2.05, 4.69) is 26.1 Å². The van der Waals surface area contributed by atoms with Crippen molar-refractivity contribution < 1.29 is 19.0 Å². The number of carbonyl (C=O) groups is 1. The van der Waals surface area contributed by atoms with Gasteiger partial charge in [-0.1, -0.05) is 0 Å². The van der Waals surface area contributed by atoms with Crippen LogP contribution >= 0.6 is 15.9 Å². The zero-order chi connectivity index (χ0) is 15.0. The third-order valence-corrected chi connectivity index (χ3v) is 3.84. The molecule has 2 aromatic rings. The first-order chi connectivity index (χ1) is 10.0. The fraction of sp³-hybridized carbons (Fsp3) is 0.286. The van der Waals surface area contributed by atoms with Gasteiger partial charge in [0.2, 0.25) is 0 Å². The lowest BCUT2D eigenvalue weighted by molar-refractivity contribution is 0.0690. The molecule has 110 valence electrons. The number of benzene rings is 1. The molecule has 21 heavy (non-hydrogen) atoms. The molecule has 5 nitrogen and oxygen atoms in total. The first-order valence-electron chi connectivity index (χ1n) is 6.45. The van der Waals surface area contributed by atoms with Crippen molar-refractivity contribution in [1.82, 2.24) is 10.2 Å². The van der Waals surface area contributed by atoms with Gasteiger partial charge in [-0.15, -0.1) is 0 Å². The maximum Gasteiger partial charge on any atom is 0.353 e. The van der Waals surface area contributed by atoms with E-state index >= 15 is 0 Å². The van der Waals surface area contributed by atoms with Crippen molar-refractivity contribution in [3.8, 4) is 17.0 Å². The molecule has 7 heteroatoms. The van der Waals surface area contributed by atoms with E-state index in [1.165, 1.54) is 18.2 Å². The first kappa shape index (κ1) is 14.1. The quantitative estimate of drug-likeness (QED) is 0.861. The maximum atomic E-state index is 13.6. The number of aromatic amines is 1. The molecule has 3 rings (SSSR count). The molecular formula is C14H12BrFN2O3. The number of carboxylic acids is 1. The summed E-state index contributed by atoms with van der Waals surface area (Å²) in [5, 5.41) is 15.2. The normalized spacial score (nSPS) is 14.2. The minimum absolute atomic E-state index is 0.0569. The molecular weight excluding hydrogens is 343 g/mol. The summed E-state index contributed by atoms with van der Waals surface area (Å²) in [4.78, 5) is 10.9. The Kier molecular flexibility index (Phi) is 3.67. The lowest BCUT2D eigenvalue weighted by Crippen LogP contribution is -2.02. The van der Waals surface area contributed by atoms with Crippen molar-refractivity contribution >= 4 is 21.9 Å². The molecule has 0 radical (unpaired) electrons. The topological polar surface area (TPSA) is 75.2 Å². The van der Waals surface area contributed by atoms with E-state index in [1.54, 1.807) is 0 Å². The van der Waals surface area contributed by atoms with Crippen LogP contribution in [0.25, 0.3) is 11.3 Å². The Morgan fingerprint density at radius 1 is 1.48 bits per heavy atom. The molecule has 0 amide bonds. The Balaban J connectivity index is 1.99. The van der Waals surface area contributed by atoms with E-state index in [9.17, 15) is 9.18 Å². The Morgan fingerprint density at radius 2 is 2.24 bits per heavy atom. The van der Waals surface area contributed by atoms with Crippen molar-refractivity contribution in [2.24, 2.45) is 5.92 Å². The fourth-order valence-electron chi connectivity index (χ4n) is 1.95. The highest BCUT2D eigenvalue weighted by Gasteiger charge is 2.24. The zero-order valence-electron chi connectivity index (χ0n) is 10.9. The van der Waals surface area contributed by atoms with Crippen LogP contribution in [0.1, 0.15) is 23.3 Å². The van der Waals surface area contributed by atoms with Gasteiger partial charge in [-0.3, -0.25) is 5.10 Å². The number of hydrogen-bond donors (Lipinski definition) is 2. The molecule has 0 unspecified atom stereocenters. The number of aromatic nitrogens is 2. The highest BCUT2D eigenvalue weighted by Crippen LogP contribution is 2.38. The average Bonchev–Trinajstić information content (AvgIpc) is 3.11. The van der Waals surface area contributed by atoms with Crippen LogP contribution in [0.15, 0.2) is 22.7 Å². The molecule has 1 aromatic heterocycles. The summed E-state index contributed by atoms with van der Waals surface area (Å²) < 4.78 is 19.9. The van der Waals surface area contributed by atoms with Gasteiger partial charge < -0.3 is 9.84 Å². The van der Waals surface area contributed by atoms with E-state index in [1.807, 2.05) is 0 Å². The second-order valence-electron chi connectivity index (χ2n) is 4.99. The number of ether oxygens (including phenoxy) is 1. The molecule has 1 aromatic carbocycles. The number of halogens is 2. The monoisotopic (exact) mass is 354 g/mol. The molecule has 2 N–H and O–H groups in total. The van der Waals surface area contributed by atoms with Crippen molar-refractivity contribution in [2.45, 2.75) is 12.8 Å². The summed E-state index contributed by atoms with van der Waals surface area (Å²) in [5.41, 5.74) is 0.697. The molecule has 0 aliphatic heterocycles. The third-order valence-electron chi connectivity index (χ3n) is 3.25. The number of nitrogens with one attached hydrogen (secondary N) is 1. The Labute approximate surface area is 128 Å². The second-order valence-corrected chi connectivity index (χ2v) is 5.85. The van der Waals surface area contributed by atoms with Crippen LogP contribution in [0.5, 0.6) is 5.75 Å². The standard InChI is InChI=1S/C14H12BrFN2O3/c15-10-4-8(16)3-9(13(10)21-6-7-1-2-7)11-5-12(14(19)20)18-17-11/h3-5,7H,1-2,6H2,(H,17,18)(H,19,20). The summed E-state index contributed by atoms with van der Waals surface area (Å²) >= 11 is 3.28. The van der Waals surface area contributed by atoms with Gasteiger partial charge in [0, 0.05) is 5.56 Å². The van der Waals surface area contributed by atoms with Crippen LogP contribution < -0.4 is 4.74 Å². The van der Waals surface area contributed by atoms with Crippen LogP contribution in [0.3, 0.4) is 0 Å². The number of aromatic carboxylic acids is 1. The molecule has 1 saturated carbocycles. The van der Waals surface area contributed by atoms with Crippen LogP contribution in [0.4, 0.5) is 4.39 Å². The van der Waals surface area contributed by atoms with Crippen LogP contribution in [-0.4, -0.2) is 27.9 Å². The maximum absolute atomic E-state index is 13.6. The summed E-state index contributed by atoms with van der Waals surface area (Å²) in [6.45, 7) is 0.563. The van der Waals surface area contributed by atoms with Gasteiger partial charge in [0.05, 0.1) is 16.8 Å². The Morgan fingerprint density at radius 3 is 2.86 bits per heavy atom. The van der Waals surface area contributed by atoms with Gasteiger partial charge in [0.15, 0.2) is 0 Å². The summed E-state index contributed by atoms with van der Waals surface area (Å²) in [6.07, 6.45) is 2.28. The summed E-state index contributed by atoms with van der Waals surface area (Å²) in [5.74, 6) is -0.546. The summed E-state index contributed by atoms with van der Waals surface area (Å²) in [7, 11) is 0. The van der Waals surface area contributed by atoms with Crippen molar-refractivity contribution in [3.63, 3.8) is 0 Å². The number of nitrogens with zero attached hydrogens (tertiary/aromatic N) is 1. The Bertz CT molecular complexity index is 698. The molecule has 0 atom stereocenters. The molecule has 1 fully saturated rings.